The van der Waals surface area contributed by atoms with Crippen LogP contribution in [0.15, 0.2) is 0 Å². The molecule has 2 saturated heterocycles. The molecule has 2 fully saturated rings. The highest BCUT2D eigenvalue weighted by Crippen LogP contribution is 2.18. The zero-order chi connectivity index (χ0) is 14.0. The third-order valence-electron chi connectivity index (χ3n) is 3.58. The molecule has 0 spiro atoms. The topological polar surface area (TPSA) is 67.9 Å². The molecule has 0 aromatic rings. The van der Waals surface area contributed by atoms with Crippen LogP contribution in [0.1, 0.15) is 33.6 Å². The molecule has 19 heavy (non-hydrogen) atoms. The lowest BCUT2D eigenvalue weighted by atomic mass is 10.1. The predicted molar refractivity (Wildman–Crippen MR) is 72.1 cm³/mol. The van der Waals surface area contributed by atoms with E-state index in [0.717, 1.165) is 19.4 Å². The van der Waals surface area contributed by atoms with Gasteiger partial charge in [-0.25, -0.2) is 0 Å². The third kappa shape index (κ3) is 3.88. The minimum Gasteiger partial charge on any atom is -0.377 e. The van der Waals surface area contributed by atoms with Crippen molar-refractivity contribution in [3.63, 3.8) is 0 Å². The summed E-state index contributed by atoms with van der Waals surface area (Å²) in [5.74, 6) is 0. The maximum atomic E-state index is 12.3. The van der Waals surface area contributed by atoms with E-state index >= 15 is 0 Å². The largest absolute Gasteiger partial charge is 0.377 e. The molecule has 0 amide bonds. The van der Waals surface area contributed by atoms with Gasteiger partial charge in [0.05, 0.1) is 18.3 Å². The highest BCUT2D eigenvalue weighted by molar-refractivity contribution is 7.87. The van der Waals surface area contributed by atoms with E-state index in [9.17, 15) is 8.42 Å². The van der Waals surface area contributed by atoms with Crippen LogP contribution in [0.5, 0.6) is 0 Å². The zero-order valence-electron chi connectivity index (χ0n) is 11.8. The second-order valence-corrected chi connectivity index (χ2v) is 7.24. The van der Waals surface area contributed by atoms with Crippen molar-refractivity contribution in [1.29, 1.82) is 0 Å². The quantitative estimate of drug-likeness (QED) is 0.819. The Labute approximate surface area is 115 Å². The normalized spacial score (nSPS) is 35.4. The maximum absolute atomic E-state index is 12.3. The van der Waals surface area contributed by atoms with E-state index in [1.54, 1.807) is 0 Å². The van der Waals surface area contributed by atoms with Gasteiger partial charge in [0.25, 0.3) is 10.2 Å². The molecule has 0 aliphatic carbocycles. The highest BCUT2D eigenvalue weighted by Gasteiger charge is 2.34. The number of rotatable bonds is 4. The molecule has 0 saturated carbocycles. The van der Waals surface area contributed by atoms with Crippen molar-refractivity contribution in [2.75, 3.05) is 19.7 Å². The number of ether oxygens (including phenoxy) is 2. The van der Waals surface area contributed by atoms with E-state index in [1.807, 2.05) is 20.8 Å². The fourth-order valence-electron chi connectivity index (χ4n) is 2.71. The summed E-state index contributed by atoms with van der Waals surface area (Å²) in [5, 5.41) is 0. The van der Waals surface area contributed by atoms with Crippen LogP contribution >= 0.6 is 0 Å². The lowest BCUT2D eigenvalue weighted by Gasteiger charge is -2.35. The number of morpholine rings is 1. The number of hydrogen-bond donors (Lipinski definition) is 1. The summed E-state index contributed by atoms with van der Waals surface area (Å²) in [4.78, 5) is 0. The highest BCUT2D eigenvalue weighted by atomic mass is 32.2. The summed E-state index contributed by atoms with van der Waals surface area (Å²) < 4.78 is 40.0. The van der Waals surface area contributed by atoms with E-state index in [4.69, 9.17) is 9.47 Å². The Hall–Kier alpha value is -0.210. The van der Waals surface area contributed by atoms with E-state index < -0.39 is 10.2 Å². The number of nitrogens with one attached hydrogen (secondary N) is 1. The first kappa shape index (κ1) is 15.2. The van der Waals surface area contributed by atoms with E-state index in [0.29, 0.717) is 13.1 Å². The van der Waals surface area contributed by atoms with Gasteiger partial charge in [0.2, 0.25) is 0 Å². The molecule has 2 aliphatic rings. The van der Waals surface area contributed by atoms with Crippen molar-refractivity contribution in [2.24, 2.45) is 0 Å². The van der Waals surface area contributed by atoms with E-state index in [2.05, 4.69) is 4.72 Å². The summed E-state index contributed by atoms with van der Waals surface area (Å²) in [5.41, 5.74) is 0. The van der Waals surface area contributed by atoms with Crippen molar-refractivity contribution in [2.45, 2.75) is 58.0 Å². The van der Waals surface area contributed by atoms with Crippen LogP contribution in [-0.2, 0) is 19.7 Å². The van der Waals surface area contributed by atoms with Crippen molar-refractivity contribution in [1.82, 2.24) is 9.03 Å². The van der Waals surface area contributed by atoms with Gasteiger partial charge < -0.3 is 9.47 Å². The first-order valence-electron chi connectivity index (χ1n) is 6.93. The monoisotopic (exact) mass is 292 g/mol. The third-order valence-corrected chi connectivity index (χ3v) is 5.23. The second-order valence-electron chi connectivity index (χ2n) is 5.54. The molecule has 112 valence electrons. The molecule has 1 N–H and O–H groups in total. The summed E-state index contributed by atoms with van der Waals surface area (Å²) >= 11 is 0. The van der Waals surface area contributed by atoms with Crippen LogP contribution in [0.25, 0.3) is 0 Å². The van der Waals surface area contributed by atoms with Gasteiger partial charge >= 0.3 is 0 Å². The minimum absolute atomic E-state index is 0.00865. The summed E-state index contributed by atoms with van der Waals surface area (Å²) in [6, 6.07) is -0.194. The van der Waals surface area contributed by atoms with Crippen molar-refractivity contribution in [3.8, 4) is 0 Å². The van der Waals surface area contributed by atoms with Gasteiger partial charge in [0, 0.05) is 25.7 Å². The summed E-state index contributed by atoms with van der Waals surface area (Å²) in [7, 11) is -3.46. The van der Waals surface area contributed by atoms with Crippen molar-refractivity contribution < 1.29 is 17.9 Å². The Morgan fingerprint density at radius 2 is 1.89 bits per heavy atom. The van der Waals surface area contributed by atoms with Gasteiger partial charge in [-0.1, -0.05) is 0 Å². The predicted octanol–water partition coefficient (Wildman–Crippen LogP) is 0.498. The van der Waals surface area contributed by atoms with Crippen molar-refractivity contribution >= 4 is 10.2 Å². The van der Waals surface area contributed by atoms with E-state index in [-0.39, 0.29) is 24.4 Å². The molecule has 4 atom stereocenters. The molecule has 0 unspecified atom stereocenters. The lowest BCUT2D eigenvalue weighted by molar-refractivity contribution is -0.0446. The van der Waals surface area contributed by atoms with Crippen LogP contribution in [0, 0.1) is 0 Å². The Morgan fingerprint density at radius 3 is 2.42 bits per heavy atom. The Morgan fingerprint density at radius 1 is 1.26 bits per heavy atom. The molecule has 0 bridgehead atoms. The van der Waals surface area contributed by atoms with Gasteiger partial charge in [-0.15, -0.1) is 0 Å². The summed E-state index contributed by atoms with van der Waals surface area (Å²) in [6.07, 6.45) is 1.77. The van der Waals surface area contributed by atoms with Crippen LogP contribution in [0.2, 0.25) is 0 Å². The minimum atomic E-state index is -3.46. The van der Waals surface area contributed by atoms with Crippen LogP contribution < -0.4 is 4.72 Å². The molecule has 2 rings (SSSR count). The van der Waals surface area contributed by atoms with Crippen LogP contribution in [0.4, 0.5) is 0 Å². The molecular formula is C12H24N2O4S. The van der Waals surface area contributed by atoms with Crippen molar-refractivity contribution in [3.05, 3.63) is 0 Å². The smallest absolute Gasteiger partial charge is 0.279 e. The zero-order valence-corrected chi connectivity index (χ0v) is 12.6. The average molecular weight is 292 g/mol. The number of nitrogens with zero attached hydrogens (tertiary/aromatic N) is 1. The Balaban J connectivity index is 1.97. The molecule has 2 aliphatic heterocycles. The molecule has 0 aromatic heterocycles. The average Bonchev–Trinajstić information content (AvgIpc) is 2.80. The van der Waals surface area contributed by atoms with E-state index in [1.165, 1.54) is 4.31 Å². The fraction of sp³-hybridized carbons (Fsp3) is 1.00. The SMILES string of the molecule is C[C@@H]1CN(S(=O)(=O)N[C@H](C)[C@@H]2CCCO2)C[C@H](C)O1. The summed E-state index contributed by atoms with van der Waals surface area (Å²) in [6.45, 7) is 7.17. The lowest BCUT2D eigenvalue weighted by Crippen LogP contribution is -2.54. The van der Waals surface area contributed by atoms with Gasteiger partial charge in [-0.2, -0.15) is 17.4 Å². The Bertz CT molecular complexity index is 385. The first-order chi connectivity index (χ1) is 8.88. The number of hydrogen-bond acceptors (Lipinski definition) is 4. The Kier molecular flexibility index (Phi) is 4.84. The van der Waals surface area contributed by atoms with Gasteiger partial charge in [0.1, 0.15) is 0 Å². The fourth-order valence-corrected chi connectivity index (χ4v) is 4.29. The molecule has 0 aromatic carbocycles. The second kappa shape index (κ2) is 6.05. The standard InChI is InChI=1S/C12H24N2O4S/c1-9-7-14(8-10(2)18-9)19(15,16)13-11(3)12-5-4-6-17-12/h9-13H,4-8H2,1-3H3/t9-,10+,11-,12+/m1/s1. The van der Waals surface area contributed by atoms with Gasteiger partial charge in [0.15, 0.2) is 0 Å². The molecule has 7 heteroatoms. The van der Waals surface area contributed by atoms with Crippen LogP contribution in [-0.4, -0.2) is 56.8 Å². The molecule has 6 nitrogen and oxygen atoms in total. The molecule has 0 radical (unpaired) electrons. The molecule has 2 heterocycles. The van der Waals surface area contributed by atoms with Gasteiger partial charge in [-0.3, -0.25) is 0 Å². The maximum Gasteiger partial charge on any atom is 0.279 e. The van der Waals surface area contributed by atoms with Gasteiger partial charge in [-0.05, 0) is 33.6 Å². The first-order valence-corrected chi connectivity index (χ1v) is 8.37. The molecular weight excluding hydrogens is 268 g/mol. The van der Waals surface area contributed by atoms with Crippen LogP contribution in [0.3, 0.4) is 0 Å².